The van der Waals surface area contributed by atoms with Gasteiger partial charge in [0.2, 0.25) is 5.91 Å². The van der Waals surface area contributed by atoms with Crippen LogP contribution < -0.4 is 5.32 Å². The maximum absolute atomic E-state index is 13.3. The highest BCUT2D eigenvalue weighted by atomic mass is 35.5. The molecule has 3 rings (SSSR count). The Balaban J connectivity index is 1.70. The molecule has 1 saturated carbocycles. The number of carbonyl (C=O) groups is 1. The number of sulfone groups is 1. The summed E-state index contributed by atoms with van der Waals surface area (Å²) < 4.78 is 38.2. The van der Waals surface area contributed by atoms with E-state index in [1.54, 1.807) is 12.1 Å². The Morgan fingerprint density at radius 3 is 2.21 bits per heavy atom. The van der Waals surface area contributed by atoms with Crippen molar-refractivity contribution in [3.8, 4) is 0 Å². The van der Waals surface area contributed by atoms with E-state index in [4.69, 9.17) is 11.6 Å². The van der Waals surface area contributed by atoms with Crippen LogP contribution in [0.15, 0.2) is 53.4 Å². The number of halogens is 2. The number of nitrogens with one attached hydrogen (secondary N) is 1. The summed E-state index contributed by atoms with van der Waals surface area (Å²) in [6.07, 6.45) is 4.93. The molecule has 150 valence electrons. The lowest BCUT2D eigenvalue weighted by atomic mass is 9.69. The molecule has 2 aromatic rings. The largest absolute Gasteiger partial charge is 0.354 e. The molecule has 0 unspecified atom stereocenters. The van der Waals surface area contributed by atoms with Crippen LogP contribution in [0.25, 0.3) is 0 Å². The van der Waals surface area contributed by atoms with Crippen LogP contribution in [0.3, 0.4) is 0 Å². The fraction of sp³-hybridized carbons (Fsp3) is 0.381. The molecular formula is C21H23ClFNO3S. The third kappa shape index (κ3) is 4.92. The summed E-state index contributed by atoms with van der Waals surface area (Å²) in [6.45, 7) is 0.341. The monoisotopic (exact) mass is 423 g/mol. The average molecular weight is 424 g/mol. The smallest absolute Gasteiger partial charge is 0.235 e. The van der Waals surface area contributed by atoms with Gasteiger partial charge in [-0.05, 0) is 54.8 Å². The van der Waals surface area contributed by atoms with Crippen molar-refractivity contribution in [2.24, 2.45) is 0 Å². The minimum atomic E-state index is -3.74. The van der Waals surface area contributed by atoms with Crippen molar-refractivity contribution in [3.05, 3.63) is 64.9 Å². The highest BCUT2D eigenvalue weighted by Gasteiger charge is 2.34. The molecule has 7 heteroatoms. The number of amides is 1. The van der Waals surface area contributed by atoms with Crippen molar-refractivity contribution in [2.75, 3.05) is 12.3 Å². The van der Waals surface area contributed by atoms with E-state index in [-0.39, 0.29) is 16.1 Å². The van der Waals surface area contributed by atoms with Gasteiger partial charge in [-0.2, -0.15) is 0 Å². The number of rotatable bonds is 6. The van der Waals surface area contributed by atoms with Crippen LogP contribution in [0.4, 0.5) is 4.39 Å². The minimum Gasteiger partial charge on any atom is -0.354 e. The van der Waals surface area contributed by atoms with Crippen LogP contribution >= 0.6 is 11.6 Å². The third-order valence-electron chi connectivity index (χ3n) is 5.39. The van der Waals surface area contributed by atoms with E-state index in [9.17, 15) is 17.6 Å². The lowest BCUT2D eigenvalue weighted by Crippen LogP contribution is -2.43. The second kappa shape index (κ2) is 8.62. The standard InChI is InChI=1S/C21H23ClFNO3S/c22-17-6-10-19(11-7-17)28(26,27)14-20(25)24-15-21(12-2-1-3-13-21)16-4-8-18(23)9-5-16/h4-11H,1-3,12-15H2,(H,24,25). The van der Waals surface area contributed by atoms with Crippen LogP contribution in [0, 0.1) is 5.82 Å². The first kappa shape index (κ1) is 20.8. The number of hydrogen-bond donors (Lipinski definition) is 1. The molecule has 1 fully saturated rings. The number of benzene rings is 2. The van der Waals surface area contributed by atoms with Crippen molar-refractivity contribution in [3.63, 3.8) is 0 Å². The Morgan fingerprint density at radius 2 is 1.61 bits per heavy atom. The maximum Gasteiger partial charge on any atom is 0.235 e. The molecule has 0 saturated heterocycles. The van der Waals surface area contributed by atoms with Gasteiger partial charge in [0.1, 0.15) is 11.6 Å². The van der Waals surface area contributed by atoms with E-state index in [1.165, 1.54) is 36.4 Å². The molecule has 0 radical (unpaired) electrons. The SMILES string of the molecule is O=C(CS(=O)(=O)c1ccc(Cl)cc1)NCC1(c2ccc(F)cc2)CCCCC1. The van der Waals surface area contributed by atoms with Crippen LogP contribution in [-0.2, 0) is 20.0 Å². The summed E-state index contributed by atoms with van der Waals surface area (Å²) in [6, 6.07) is 12.1. The zero-order valence-electron chi connectivity index (χ0n) is 15.5. The molecule has 0 heterocycles. The lowest BCUT2D eigenvalue weighted by Gasteiger charge is -2.38. The Morgan fingerprint density at radius 1 is 1.00 bits per heavy atom. The molecule has 0 aliphatic heterocycles. The van der Waals surface area contributed by atoms with Gasteiger partial charge in [0.25, 0.3) is 0 Å². The third-order valence-corrected chi connectivity index (χ3v) is 7.27. The Kier molecular flexibility index (Phi) is 6.40. The fourth-order valence-electron chi connectivity index (χ4n) is 3.82. The van der Waals surface area contributed by atoms with Gasteiger partial charge in [-0.3, -0.25) is 4.79 Å². The second-order valence-electron chi connectivity index (χ2n) is 7.34. The Hall–Kier alpha value is -1.92. The van der Waals surface area contributed by atoms with E-state index in [1.807, 2.05) is 0 Å². The molecule has 1 aliphatic rings. The fourth-order valence-corrected chi connectivity index (χ4v) is 5.11. The Labute approximate surface area is 170 Å². The van der Waals surface area contributed by atoms with E-state index in [0.29, 0.717) is 11.6 Å². The lowest BCUT2D eigenvalue weighted by molar-refractivity contribution is -0.119. The summed E-state index contributed by atoms with van der Waals surface area (Å²) in [4.78, 5) is 12.5. The van der Waals surface area contributed by atoms with Crippen molar-refractivity contribution in [1.29, 1.82) is 0 Å². The summed E-state index contributed by atoms with van der Waals surface area (Å²) in [5.41, 5.74) is 0.695. The second-order valence-corrected chi connectivity index (χ2v) is 9.76. The molecule has 0 atom stereocenters. The molecule has 1 N–H and O–H groups in total. The van der Waals surface area contributed by atoms with Crippen LogP contribution in [-0.4, -0.2) is 26.6 Å². The van der Waals surface area contributed by atoms with Gasteiger partial charge < -0.3 is 5.32 Å². The van der Waals surface area contributed by atoms with E-state index < -0.39 is 21.5 Å². The molecule has 0 bridgehead atoms. The normalized spacial score (nSPS) is 16.5. The predicted molar refractivity (Wildman–Crippen MR) is 108 cm³/mol. The minimum absolute atomic E-state index is 0.0676. The highest BCUT2D eigenvalue weighted by Crippen LogP contribution is 2.39. The zero-order valence-corrected chi connectivity index (χ0v) is 17.0. The van der Waals surface area contributed by atoms with E-state index in [0.717, 1.165) is 37.7 Å². The first-order valence-electron chi connectivity index (χ1n) is 9.32. The molecule has 4 nitrogen and oxygen atoms in total. The van der Waals surface area contributed by atoms with Gasteiger partial charge in [-0.25, -0.2) is 12.8 Å². The molecule has 1 aliphatic carbocycles. The number of hydrogen-bond acceptors (Lipinski definition) is 3. The molecule has 28 heavy (non-hydrogen) atoms. The molecule has 1 amide bonds. The average Bonchev–Trinajstić information content (AvgIpc) is 2.68. The van der Waals surface area contributed by atoms with E-state index >= 15 is 0 Å². The Bertz CT molecular complexity index is 921. The summed E-state index contributed by atoms with van der Waals surface area (Å²) in [5, 5.41) is 3.24. The van der Waals surface area contributed by atoms with Crippen LogP contribution in [0.1, 0.15) is 37.7 Å². The van der Waals surface area contributed by atoms with Gasteiger partial charge in [-0.1, -0.05) is 43.0 Å². The first-order valence-corrected chi connectivity index (χ1v) is 11.3. The summed E-state index contributed by atoms with van der Waals surface area (Å²) in [7, 11) is -3.74. The molecule has 0 spiro atoms. The maximum atomic E-state index is 13.3. The quantitative estimate of drug-likeness (QED) is 0.754. The summed E-state index contributed by atoms with van der Waals surface area (Å²) in [5.74, 6) is -1.46. The van der Waals surface area contributed by atoms with Crippen LogP contribution in [0.5, 0.6) is 0 Å². The van der Waals surface area contributed by atoms with Gasteiger partial charge in [0.05, 0.1) is 4.90 Å². The highest BCUT2D eigenvalue weighted by molar-refractivity contribution is 7.92. The van der Waals surface area contributed by atoms with Crippen molar-refractivity contribution >= 4 is 27.3 Å². The van der Waals surface area contributed by atoms with E-state index in [2.05, 4.69) is 5.32 Å². The zero-order chi connectivity index (χ0) is 20.2. The molecule has 2 aromatic carbocycles. The van der Waals surface area contributed by atoms with Crippen molar-refractivity contribution < 1.29 is 17.6 Å². The summed E-state index contributed by atoms with van der Waals surface area (Å²) >= 11 is 5.79. The van der Waals surface area contributed by atoms with Crippen molar-refractivity contribution in [1.82, 2.24) is 5.32 Å². The van der Waals surface area contributed by atoms with Crippen LogP contribution in [0.2, 0.25) is 5.02 Å². The van der Waals surface area contributed by atoms with Crippen molar-refractivity contribution in [2.45, 2.75) is 42.4 Å². The number of carbonyl (C=O) groups excluding carboxylic acids is 1. The van der Waals surface area contributed by atoms with Gasteiger partial charge in [0.15, 0.2) is 9.84 Å². The molecular weight excluding hydrogens is 401 g/mol. The molecule has 0 aromatic heterocycles. The predicted octanol–water partition coefficient (Wildman–Crippen LogP) is 4.27. The van der Waals surface area contributed by atoms with Gasteiger partial charge in [0, 0.05) is 17.0 Å². The first-order chi connectivity index (χ1) is 13.3. The topological polar surface area (TPSA) is 63.2 Å². The van der Waals surface area contributed by atoms with Gasteiger partial charge in [-0.15, -0.1) is 0 Å². The van der Waals surface area contributed by atoms with Gasteiger partial charge >= 0.3 is 0 Å².